The van der Waals surface area contributed by atoms with Crippen LogP contribution < -0.4 is 10.9 Å². The van der Waals surface area contributed by atoms with E-state index in [-0.39, 0.29) is 34.6 Å². The van der Waals surface area contributed by atoms with Crippen LogP contribution in [0, 0.1) is 28.6 Å². The number of fused-ring (bicyclic) bond motifs is 5. The summed E-state index contributed by atoms with van der Waals surface area (Å²) >= 11 is 0. The molecule has 0 radical (unpaired) electrons. The van der Waals surface area contributed by atoms with Gasteiger partial charge in [0.05, 0.1) is 11.9 Å². The summed E-state index contributed by atoms with van der Waals surface area (Å²) in [6, 6.07) is 3.94. The van der Waals surface area contributed by atoms with E-state index >= 15 is 0 Å². The van der Waals surface area contributed by atoms with Crippen molar-refractivity contribution in [3.8, 4) is 0 Å². The number of likely N-dealkylation sites (tertiary alicyclic amines) is 1. The Hall–Kier alpha value is -1.86. The van der Waals surface area contributed by atoms with Gasteiger partial charge in [-0.1, -0.05) is 20.8 Å². The number of hydrogen-bond donors (Lipinski definition) is 2. The fourth-order valence-electron chi connectivity index (χ4n) is 10.2. The summed E-state index contributed by atoms with van der Waals surface area (Å²) in [5.41, 5.74) is 0.0310. The molecular weight excluding hydrogens is 492 g/mol. The van der Waals surface area contributed by atoms with Crippen molar-refractivity contribution in [1.82, 2.24) is 10.2 Å². The van der Waals surface area contributed by atoms with Crippen LogP contribution in [-0.4, -0.2) is 53.5 Å². The van der Waals surface area contributed by atoms with E-state index in [1.165, 1.54) is 6.07 Å². The Balaban J connectivity index is 1.11. The van der Waals surface area contributed by atoms with Crippen molar-refractivity contribution < 1.29 is 19.1 Å². The van der Waals surface area contributed by atoms with Crippen molar-refractivity contribution >= 4 is 6.09 Å². The molecule has 1 aromatic heterocycles. The Morgan fingerprint density at radius 1 is 1.05 bits per heavy atom. The summed E-state index contributed by atoms with van der Waals surface area (Å²) in [6.45, 7) is 9.43. The maximum Gasteiger partial charge on any atom is 0.410 e. The van der Waals surface area contributed by atoms with Gasteiger partial charge in [-0.3, -0.25) is 0 Å². The first-order chi connectivity index (χ1) is 18.7. The van der Waals surface area contributed by atoms with E-state index in [2.05, 4.69) is 26.1 Å². The SMILES string of the molecule is CCNC1CCN(C(=O)O[C@H]2CC[C@]3(C)C4CC[C@]5(C)[C@@H](c6ccc(=O)oc6)CC[C@]5(O)C4CC[C@@H]3C2)CC1. The lowest BCUT2D eigenvalue weighted by atomic mass is 9.43. The maximum absolute atomic E-state index is 13.0. The second kappa shape index (κ2) is 10.2. The second-order valence-electron chi connectivity index (χ2n) is 14.0. The zero-order valence-electron chi connectivity index (χ0n) is 24.1. The molecule has 216 valence electrons. The number of carbonyl (C=O) groups excluding carboxylic acids is 1. The van der Waals surface area contributed by atoms with Crippen LogP contribution in [0.3, 0.4) is 0 Å². The molecule has 0 bridgehead atoms. The molecule has 2 heterocycles. The quantitative estimate of drug-likeness (QED) is 0.527. The molecule has 1 saturated heterocycles. The third-order valence-electron chi connectivity index (χ3n) is 12.4. The highest BCUT2D eigenvalue weighted by Gasteiger charge is 2.67. The highest BCUT2D eigenvalue weighted by molar-refractivity contribution is 5.68. The van der Waals surface area contributed by atoms with E-state index in [4.69, 9.17) is 9.15 Å². The molecule has 5 aliphatic rings. The molecular formula is C32H48N2O5. The van der Waals surface area contributed by atoms with Gasteiger partial charge in [0.25, 0.3) is 0 Å². The van der Waals surface area contributed by atoms with Gasteiger partial charge in [0.15, 0.2) is 0 Å². The number of hydrogen-bond acceptors (Lipinski definition) is 6. The van der Waals surface area contributed by atoms with Crippen LogP contribution in [0.5, 0.6) is 0 Å². The van der Waals surface area contributed by atoms with Gasteiger partial charge in [0.2, 0.25) is 0 Å². The van der Waals surface area contributed by atoms with Crippen molar-refractivity contribution in [3.63, 3.8) is 0 Å². The highest BCUT2D eigenvalue weighted by atomic mass is 16.6. The Morgan fingerprint density at radius 3 is 2.56 bits per heavy atom. The van der Waals surface area contributed by atoms with Gasteiger partial charge in [-0.15, -0.1) is 0 Å². The minimum absolute atomic E-state index is 0.0131. The van der Waals surface area contributed by atoms with Gasteiger partial charge >= 0.3 is 11.7 Å². The fraction of sp³-hybridized carbons (Fsp3) is 0.812. The molecule has 39 heavy (non-hydrogen) atoms. The van der Waals surface area contributed by atoms with Crippen LogP contribution in [0.4, 0.5) is 4.79 Å². The number of nitrogens with zero attached hydrogens (tertiary/aromatic N) is 1. The average molecular weight is 541 g/mol. The molecule has 2 N–H and O–H groups in total. The number of carbonyl (C=O) groups is 1. The van der Waals surface area contributed by atoms with Gasteiger partial charge in [0.1, 0.15) is 6.10 Å². The van der Waals surface area contributed by atoms with Gasteiger partial charge in [0, 0.05) is 30.6 Å². The minimum Gasteiger partial charge on any atom is -0.446 e. The molecule has 0 aromatic carbocycles. The Bertz CT molecular complexity index is 1090. The summed E-state index contributed by atoms with van der Waals surface area (Å²) in [4.78, 5) is 26.5. The monoisotopic (exact) mass is 540 g/mol. The van der Waals surface area contributed by atoms with E-state index in [1.54, 1.807) is 6.26 Å². The topological polar surface area (TPSA) is 92.0 Å². The van der Waals surface area contributed by atoms with Crippen LogP contribution in [0.1, 0.15) is 103 Å². The third-order valence-corrected chi connectivity index (χ3v) is 12.4. The summed E-state index contributed by atoms with van der Waals surface area (Å²) in [5, 5.41) is 16.0. The van der Waals surface area contributed by atoms with Crippen LogP contribution in [0.2, 0.25) is 0 Å². The number of ether oxygens (including phenoxy) is 1. The van der Waals surface area contributed by atoms with Gasteiger partial charge < -0.3 is 24.5 Å². The van der Waals surface area contributed by atoms with E-state index in [0.29, 0.717) is 23.8 Å². The maximum atomic E-state index is 13.0. The lowest BCUT2D eigenvalue weighted by molar-refractivity contribution is -0.205. The molecule has 8 atom stereocenters. The van der Waals surface area contributed by atoms with Crippen molar-refractivity contribution in [2.24, 2.45) is 28.6 Å². The Labute approximate surface area is 233 Å². The molecule has 0 spiro atoms. The number of piperidine rings is 1. The lowest BCUT2D eigenvalue weighted by Gasteiger charge is -2.63. The molecule has 5 fully saturated rings. The number of nitrogens with one attached hydrogen (secondary N) is 1. The molecule has 1 aliphatic heterocycles. The molecule has 6 rings (SSSR count). The Kier molecular flexibility index (Phi) is 7.15. The Morgan fingerprint density at radius 2 is 1.85 bits per heavy atom. The largest absolute Gasteiger partial charge is 0.446 e. The van der Waals surface area contributed by atoms with E-state index in [0.717, 1.165) is 95.8 Å². The zero-order chi connectivity index (χ0) is 27.4. The predicted octanol–water partition coefficient (Wildman–Crippen LogP) is 5.46. The zero-order valence-corrected chi connectivity index (χ0v) is 24.1. The standard InChI is InChI=1S/C32H48N2O5/c1-4-33-23-12-17-34(18-13-23)29(36)39-24-9-14-30(2)22(19-24)6-7-27-26(30)10-15-31(3)25(11-16-32(27,31)37)21-5-8-28(35)38-20-21/h5,8,20,22-27,33,37H,4,6-7,9-19H2,1-3H3/t22-,24+,25-,26?,27?,30+,31-,32+/m1/s1. The number of aliphatic hydroxyl groups is 1. The van der Waals surface area contributed by atoms with Crippen molar-refractivity contribution in [1.29, 1.82) is 0 Å². The minimum atomic E-state index is -0.688. The smallest absolute Gasteiger partial charge is 0.410 e. The van der Waals surface area contributed by atoms with Crippen molar-refractivity contribution in [2.45, 2.75) is 115 Å². The van der Waals surface area contributed by atoms with Crippen molar-refractivity contribution in [3.05, 3.63) is 34.4 Å². The molecule has 4 aliphatic carbocycles. The summed E-state index contributed by atoms with van der Waals surface area (Å²) in [7, 11) is 0. The summed E-state index contributed by atoms with van der Waals surface area (Å²) < 4.78 is 11.4. The van der Waals surface area contributed by atoms with E-state index < -0.39 is 5.60 Å². The predicted molar refractivity (Wildman–Crippen MR) is 149 cm³/mol. The molecule has 7 nitrogen and oxygen atoms in total. The van der Waals surface area contributed by atoms with Gasteiger partial charge in [-0.05, 0) is 118 Å². The number of amides is 1. The van der Waals surface area contributed by atoms with Crippen molar-refractivity contribution in [2.75, 3.05) is 19.6 Å². The first-order valence-corrected chi connectivity index (χ1v) is 15.7. The summed E-state index contributed by atoms with van der Waals surface area (Å²) in [5.74, 6) is 1.56. The second-order valence-corrected chi connectivity index (χ2v) is 14.0. The lowest BCUT2D eigenvalue weighted by Crippen LogP contribution is -2.62. The van der Waals surface area contributed by atoms with Crippen LogP contribution in [0.25, 0.3) is 0 Å². The molecule has 7 heteroatoms. The average Bonchev–Trinajstić information content (AvgIpc) is 3.21. The van der Waals surface area contributed by atoms with E-state index in [1.807, 2.05) is 11.0 Å². The molecule has 1 amide bonds. The summed E-state index contributed by atoms with van der Waals surface area (Å²) in [6.07, 6.45) is 12.5. The molecule has 1 aromatic rings. The molecule has 2 unspecified atom stereocenters. The molecule has 4 saturated carbocycles. The van der Waals surface area contributed by atoms with Crippen LogP contribution >= 0.6 is 0 Å². The van der Waals surface area contributed by atoms with Crippen LogP contribution in [-0.2, 0) is 4.74 Å². The van der Waals surface area contributed by atoms with Gasteiger partial charge in [-0.2, -0.15) is 0 Å². The van der Waals surface area contributed by atoms with E-state index in [9.17, 15) is 14.7 Å². The fourth-order valence-corrected chi connectivity index (χ4v) is 10.2. The normalized spacial score (nSPS) is 42.4. The van der Waals surface area contributed by atoms with Gasteiger partial charge in [-0.25, -0.2) is 9.59 Å². The number of rotatable bonds is 4. The van der Waals surface area contributed by atoms with Crippen LogP contribution in [0.15, 0.2) is 27.6 Å². The third kappa shape index (κ3) is 4.46. The highest BCUT2D eigenvalue weighted by Crippen LogP contribution is 2.70. The first-order valence-electron chi connectivity index (χ1n) is 15.7. The first kappa shape index (κ1) is 27.3.